The standard InChI is InChI=1S/C18H18F2N4O3/c1-2-27-17(26)13-10-18(19,20)6-5-12(13)9-15(25)14-3-4-16(23-22-14)24-8-7-21-11-24/h3-4,7-8,11H,2,5-6,9-10H2,1H3. The van der Waals surface area contributed by atoms with Crippen LogP contribution in [0.1, 0.15) is 43.1 Å². The maximum atomic E-state index is 13.7. The highest BCUT2D eigenvalue weighted by molar-refractivity contribution is 5.98. The van der Waals surface area contributed by atoms with Crippen LogP contribution in [0.15, 0.2) is 42.0 Å². The fraction of sp³-hybridized carbons (Fsp3) is 0.389. The van der Waals surface area contributed by atoms with Gasteiger partial charge in [-0.2, -0.15) is 0 Å². The van der Waals surface area contributed by atoms with E-state index in [1.807, 2.05) is 0 Å². The van der Waals surface area contributed by atoms with Gasteiger partial charge < -0.3 is 4.74 Å². The fourth-order valence-corrected chi connectivity index (χ4v) is 2.88. The molecule has 0 aliphatic heterocycles. The smallest absolute Gasteiger partial charge is 0.334 e. The molecule has 0 radical (unpaired) electrons. The van der Waals surface area contributed by atoms with Gasteiger partial charge in [-0.05, 0) is 25.5 Å². The molecular formula is C18H18F2N4O3. The van der Waals surface area contributed by atoms with Crippen LogP contribution in [0.4, 0.5) is 8.78 Å². The van der Waals surface area contributed by atoms with Crippen molar-refractivity contribution in [3.05, 3.63) is 47.7 Å². The van der Waals surface area contributed by atoms with Crippen molar-refractivity contribution in [3.8, 4) is 5.82 Å². The third kappa shape index (κ3) is 4.42. The summed E-state index contributed by atoms with van der Waals surface area (Å²) in [6, 6.07) is 3.12. The molecule has 0 unspecified atom stereocenters. The summed E-state index contributed by atoms with van der Waals surface area (Å²) >= 11 is 0. The summed E-state index contributed by atoms with van der Waals surface area (Å²) in [5.41, 5.74) is 0.376. The normalized spacial score (nSPS) is 16.3. The molecule has 0 saturated carbocycles. The number of hydrogen-bond donors (Lipinski definition) is 0. The number of alkyl halides is 2. The molecule has 7 nitrogen and oxygen atoms in total. The van der Waals surface area contributed by atoms with E-state index in [-0.39, 0.29) is 36.5 Å². The van der Waals surface area contributed by atoms with Gasteiger partial charge in [-0.15, -0.1) is 10.2 Å². The largest absolute Gasteiger partial charge is 0.463 e. The van der Waals surface area contributed by atoms with Crippen LogP contribution < -0.4 is 0 Å². The highest BCUT2D eigenvalue weighted by Crippen LogP contribution is 2.38. The molecule has 0 amide bonds. The van der Waals surface area contributed by atoms with Crippen LogP contribution in [-0.2, 0) is 9.53 Å². The summed E-state index contributed by atoms with van der Waals surface area (Å²) < 4.78 is 33.9. The van der Waals surface area contributed by atoms with Gasteiger partial charge in [0.05, 0.1) is 6.61 Å². The van der Waals surface area contributed by atoms with E-state index >= 15 is 0 Å². The van der Waals surface area contributed by atoms with Crippen molar-refractivity contribution in [1.29, 1.82) is 0 Å². The third-order valence-electron chi connectivity index (χ3n) is 4.26. The van der Waals surface area contributed by atoms with Gasteiger partial charge in [-0.25, -0.2) is 18.6 Å². The summed E-state index contributed by atoms with van der Waals surface area (Å²) in [6.45, 7) is 1.68. The number of halogens is 2. The Morgan fingerprint density at radius 1 is 1.30 bits per heavy atom. The van der Waals surface area contributed by atoms with E-state index in [4.69, 9.17) is 4.74 Å². The molecule has 1 aliphatic rings. The van der Waals surface area contributed by atoms with Crippen LogP contribution in [0.5, 0.6) is 0 Å². The van der Waals surface area contributed by atoms with E-state index < -0.39 is 24.7 Å². The molecule has 1 aliphatic carbocycles. The number of allylic oxidation sites excluding steroid dienone is 1. The van der Waals surface area contributed by atoms with Gasteiger partial charge in [0, 0.05) is 37.2 Å². The summed E-state index contributed by atoms with van der Waals surface area (Å²) in [5.74, 6) is -3.66. The van der Waals surface area contributed by atoms with Crippen molar-refractivity contribution in [2.75, 3.05) is 6.61 Å². The zero-order valence-corrected chi connectivity index (χ0v) is 14.7. The van der Waals surface area contributed by atoms with Gasteiger partial charge in [0.15, 0.2) is 11.6 Å². The van der Waals surface area contributed by atoms with E-state index in [0.29, 0.717) is 11.4 Å². The first kappa shape index (κ1) is 18.8. The first-order valence-corrected chi connectivity index (χ1v) is 8.51. The zero-order valence-electron chi connectivity index (χ0n) is 14.7. The molecule has 2 aromatic rings. The van der Waals surface area contributed by atoms with E-state index in [9.17, 15) is 18.4 Å². The van der Waals surface area contributed by atoms with Crippen LogP contribution in [-0.4, -0.2) is 44.0 Å². The minimum atomic E-state index is -2.97. The van der Waals surface area contributed by atoms with Gasteiger partial charge >= 0.3 is 5.97 Å². The molecule has 0 fully saturated rings. The van der Waals surface area contributed by atoms with Crippen LogP contribution in [0.25, 0.3) is 5.82 Å². The number of hydrogen-bond acceptors (Lipinski definition) is 6. The van der Waals surface area contributed by atoms with Crippen LogP contribution in [0.2, 0.25) is 0 Å². The Hall–Kier alpha value is -2.97. The van der Waals surface area contributed by atoms with E-state index in [0.717, 1.165) is 0 Å². The second-order valence-electron chi connectivity index (χ2n) is 6.18. The Morgan fingerprint density at radius 3 is 2.74 bits per heavy atom. The van der Waals surface area contributed by atoms with E-state index in [2.05, 4.69) is 15.2 Å². The lowest BCUT2D eigenvalue weighted by Gasteiger charge is -2.25. The molecule has 142 valence electrons. The monoisotopic (exact) mass is 376 g/mol. The van der Waals surface area contributed by atoms with Gasteiger partial charge in [0.25, 0.3) is 5.92 Å². The second kappa shape index (κ2) is 7.73. The highest BCUT2D eigenvalue weighted by atomic mass is 19.3. The lowest BCUT2D eigenvalue weighted by atomic mass is 9.86. The maximum Gasteiger partial charge on any atom is 0.334 e. The number of aromatic nitrogens is 4. The average molecular weight is 376 g/mol. The molecule has 9 heteroatoms. The maximum absolute atomic E-state index is 13.7. The number of carbonyl (C=O) groups excluding carboxylic acids is 2. The van der Waals surface area contributed by atoms with Crippen molar-refractivity contribution >= 4 is 11.8 Å². The topological polar surface area (TPSA) is 87.0 Å². The van der Waals surface area contributed by atoms with Crippen molar-refractivity contribution in [2.45, 2.75) is 38.5 Å². The summed E-state index contributed by atoms with van der Waals surface area (Å²) in [6.07, 6.45) is 3.51. The minimum Gasteiger partial charge on any atom is -0.463 e. The first-order chi connectivity index (χ1) is 12.9. The molecular weight excluding hydrogens is 358 g/mol. The molecule has 0 saturated heterocycles. The van der Waals surface area contributed by atoms with Crippen molar-refractivity contribution in [2.24, 2.45) is 0 Å². The van der Waals surface area contributed by atoms with Gasteiger partial charge in [-0.3, -0.25) is 9.36 Å². The molecule has 3 rings (SSSR count). The molecule has 2 heterocycles. The average Bonchev–Trinajstić information content (AvgIpc) is 3.18. The van der Waals surface area contributed by atoms with Crippen LogP contribution >= 0.6 is 0 Å². The Bertz CT molecular complexity index is 861. The Morgan fingerprint density at radius 2 is 2.11 bits per heavy atom. The van der Waals surface area contributed by atoms with Gasteiger partial charge in [0.1, 0.15) is 12.0 Å². The molecule has 0 aromatic carbocycles. The van der Waals surface area contributed by atoms with Crippen LogP contribution in [0, 0.1) is 0 Å². The number of esters is 1. The Kier molecular flexibility index (Phi) is 5.38. The second-order valence-corrected chi connectivity index (χ2v) is 6.18. The third-order valence-corrected chi connectivity index (χ3v) is 4.26. The molecule has 0 spiro atoms. The first-order valence-electron chi connectivity index (χ1n) is 8.51. The van der Waals surface area contributed by atoms with Gasteiger partial charge in [-0.1, -0.05) is 5.57 Å². The molecule has 0 N–H and O–H groups in total. The van der Waals surface area contributed by atoms with Crippen molar-refractivity contribution in [3.63, 3.8) is 0 Å². The summed E-state index contributed by atoms with van der Waals surface area (Å²) in [4.78, 5) is 28.4. The number of carbonyl (C=O) groups is 2. The number of ether oxygens (including phenoxy) is 1. The van der Waals surface area contributed by atoms with Gasteiger partial charge in [0.2, 0.25) is 0 Å². The minimum absolute atomic E-state index is 0.0343. The molecule has 27 heavy (non-hydrogen) atoms. The lowest BCUT2D eigenvalue weighted by Crippen LogP contribution is -2.27. The van der Waals surface area contributed by atoms with Crippen LogP contribution in [0.3, 0.4) is 0 Å². The lowest BCUT2D eigenvalue weighted by molar-refractivity contribution is -0.140. The molecule has 2 aromatic heterocycles. The zero-order chi connectivity index (χ0) is 19.4. The van der Waals surface area contributed by atoms with E-state index in [1.54, 1.807) is 36.3 Å². The van der Waals surface area contributed by atoms with Crippen molar-refractivity contribution in [1.82, 2.24) is 19.7 Å². The number of rotatable bonds is 6. The Labute approximate surface area is 154 Å². The number of imidazole rings is 1. The highest BCUT2D eigenvalue weighted by Gasteiger charge is 2.38. The predicted octanol–water partition coefficient (Wildman–Crippen LogP) is 2.91. The summed E-state index contributed by atoms with van der Waals surface area (Å²) in [5, 5.41) is 7.87. The fourth-order valence-electron chi connectivity index (χ4n) is 2.88. The number of nitrogens with zero attached hydrogens (tertiary/aromatic N) is 4. The van der Waals surface area contributed by atoms with Crippen molar-refractivity contribution < 1.29 is 23.1 Å². The number of Topliss-reactive ketones (excluding diaryl/α,β-unsaturated/α-hetero) is 1. The number of ketones is 1. The van der Waals surface area contributed by atoms with E-state index in [1.165, 1.54) is 6.07 Å². The Balaban J connectivity index is 1.79. The summed E-state index contributed by atoms with van der Waals surface area (Å²) in [7, 11) is 0. The molecule has 0 atom stereocenters. The quantitative estimate of drug-likeness (QED) is 0.569. The molecule has 0 bridgehead atoms. The predicted molar refractivity (Wildman–Crippen MR) is 90.6 cm³/mol. The SMILES string of the molecule is CCOC(=O)C1=C(CC(=O)c2ccc(-n3ccnc3)nn2)CCC(F)(F)C1.